The zero-order valence-electron chi connectivity index (χ0n) is 11.2. The fourth-order valence-electron chi connectivity index (χ4n) is 1.88. The number of hydrogen-bond donors (Lipinski definition) is 3. The summed E-state index contributed by atoms with van der Waals surface area (Å²) in [4.78, 5) is 25.5. The van der Waals surface area contributed by atoms with Crippen LogP contribution in [0.2, 0.25) is 0 Å². The van der Waals surface area contributed by atoms with Crippen molar-refractivity contribution in [3.8, 4) is 0 Å². The smallest absolute Gasteiger partial charge is 0.330 e. The summed E-state index contributed by atoms with van der Waals surface area (Å²) in [6, 6.07) is 0. The maximum absolute atomic E-state index is 11.7. The molecule has 0 aliphatic carbocycles. The molecular weight excluding hydrogens is 262 g/mol. The molecule has 2 aromatic heterocycles. The molecule has 0 aromatic carbocycles. The summed E-state index contributed by atoms with van der Waals surface area (Å²) < 4.78 is 3.00. The number of nitrogen functional groups attached to an aromatic ring is 1. The van der Waals surface area contributed by atoms with Crippen LogP contribution in [0.3, 0.4) is 0 Å². The Balaban J connectivity index is 2.02. The van der Waals surface area contributed by atoms with Gasteiger partial charge >= 0.3 is 5.69 Å². The SMILES string of the molecule is CCn1c(N)c(NCCCn2ccnn2)c(=O)[nH]c1=O. The van der Waals surface area contributed by atoms with Crippen molar-refractivity contribution < 1.29 is 0 Å². The van der Waals surface area contributed by atoms with Gasteiger partial charge in [0.15, 0.2) is 0 Å². The maximum atomic E-state index is 11.7. The summed E-state index contributed by atoms with van der Waals surface area (Å²) >= 11 is 0. The van der Waals surface area contributed by atoms with Crippen LogP contribution in [0.25, 0.3) is 0 Å². The van der Waals surface area contributed by atoms with Gasteiger partial charge in [-0.25, -0.2) is 4.79 Å². The van der Waals surface area contributed by atoms with E-state index in [1.807, 2.05) is 0 Å². The molecule has 2 heterocycles. The molecule has 2 aromatic rings. The Labute approximate surface area is 114 Å². The summed E-state index contributed by atoms with van der Waals surface area (Å²) in [5, 5.41) is 10.5. The number of aryl methyl sites for hydroxylation is 1. The first-order valence-electron chi connectivity index (χ1n) is 6.34. The van der Waals surface area contributed by atoms with Gasteiger partial charge in [0.25, 0.3) is 5.56 Å². The highest BCUT2D eigenvalue weighted by atomic mass is 16.2. The molecule has 0 bridgehead atoms. The first-order chi connectivity index (χ1) is 9.63. The zero-order valence-corrected chi connectivity index (χ0v) is 11.2. The largest absolute Gasteiger partial charge is 0.383 e. The van der Waals surface area contributed by atoms with Crippen molar-refractivity contribution in [2.24, 2.45) is 0 Å². The highest BCUT2D eigenvalue weighted by Crippen LogP contribution is 2.09. The monoisotopic (exact) mass is 279 g/mol. The van der Waals surface area contributed by atoms with Crippen LogP contribution in [-0.4, -0.2) is 31.1 Å². The lowest BCUT2D eigenvalue weighted by atomic mass is 10.3. The normalized spacial score (nSPS) is 10.7. The van der Waals surface area contributed by atoms with E-state index in [0.29, 0.717) is 19.6 Å². The summed E-state index contributed by atoms with van der Waals surface area (Å²) in [6.45, 7) is 3.40. The Hall–Kier alpha value is -2.58. The zero-order chi connectivity index (χ0) is 14.5. The topological polar surface area (TPSA) is 124 Å². The van der Waals surface area contributed by atoms with Crippen LogP contribution >= 0.6 is 0 Å². The molecule has 0 amide bonds. The van der Waals surface area contributed by atoms with Crippen molar-refractivity contribution in [2.45, 2.75) is 26.4 Å². The molecule has 20 heavy (non-hydrogen) atoms. The van der Waals surface area contributed by atoms with E-state index in [2.05, 4.69) is 20.6 Å². The molecule has 9 nitrogen and oxygen atoms in total. The molecule has 9 heteroatoms. The molecule has 0 saturated heterocycles. The highest BCUT2D eigenvalue weighted by molar-refractivity contribution is 5.60. The Morgan fingerprint density at radius 2 is 2.25 bits per heavy atom. The van der Waals surface area contributed by atoms with E-state index < -0.39 is 11.2 Å². The Bertz CT molecular complexity index is 671. The third-order valence-corrected chi connectivity index (χ3v) is 2.89. The molecule has 0 saturated carbocycles. The minimum absolute atomic E-state index is 0.155. The summed E-state index contributed by atoms with van der Waals surface area (Å²) in [6.07, 6.45) is 4.11. The van der Waals surface area contributed by atoms with Crippen LogP contribution in [0.15, 0.2) is 22.0 Å². The Kier molecular flexibility index (Phi) is 4.18. The van der Waals surface area contributed by atoms with E-state index >= 15 is 0 Å². The number of nitrogens with two attached hydrogens (primary N) is 1. The molecule has 4 N–H and O–H groups in total. The van der Waals surface area contributed by atoms with Crippen molar-refractivity contribution >= 4 is 11.5 Å². The van der Waals surface area contributed by atoms with Crippen molar-refractivity contribution in [1.29, 1.82) is 0 Å². The summed E-state index contributed by atoms with van der Waals surface area (Å²) in [5.41, 5.74) is 5.05. The van der Waals surface area contributed by atoms with Crippen molar-refractivity contribution in [3.63, 3.8) is 0 Å². The second-order valence-corrected chi connectivity index (χ2v) is 4.21. The molecule has 108 valence electrons. The lowest BCUT2D eigenvalue weighted by Crippen LogP contribution is -2.33. The van der Waals surface area contributed by atoms with Crippen LogP contribution in [0.1, 0.15) is 13.3 Å². The Morgan fingerprint density at radius 3 is 2.90 bits per heavy atom. The molecule has 0 radical (unpaired) electrons. The van der Waals surface area contributed by atoms with E-state index in [9.17, 15) is 9.59 Å². The number of nitrogens with one attached hydrogen (secondary N) is 2. The fraction of sp³-hybridized carbons (Fsp3) is 0.455. The van der Waals surface area contributed by atoms with Gasteiger partial charge in [0.2, 0.25) is 0 Å². The van der Waals surface area contributed by atoms with E-state index in [1.165, 1.54) is 4.57 Å². The van der Waals surface area contributed by atoms with Crippen LogP contribution in [0, 0.1) is 0 Å². The highest BCUT2D eigenvalue weighted by Gasteiger charge is 2.10. The molecule has 0 aliphatic heterocycles. The third kappa shape index (κ3) is 2.87. The predicted molar refractivity (Wildman–Crippen MR) is 74.5 cm³/mol. The van der Waals surface area contributed by atoms with Crippen LogP contribution in [0.5, 0.6) is 0 Å². The fourth-order valence-corrected chi connectivity index (χ4v) is 1.88. The van der Waals surface area contributed by atoms with Gasteiger partial charge in [-0.2, -0.15) is 0 Å². The number of aromatic amines is 1. The summed E-state index contributed by atoms with van der Waals surface area (Å²) in [7, 11) is 0. The van der Waals surface area contributed by atoms with Crippen LogP contribution in [-0.2, 0) is 13.1 Å². The average molecular weight is 279 g/mol. The second kappa shape index (κ2) is 6.04. The first kappa shape index (κ1) is 13.8. The maximum Gasteiger partial charge on any atom is 0.330 e. The van der Waals surface area contributed by atoms with Gasteiger partial charge in [0, 0.05) is 25.8 Å². The number of hydrogen-bond acceptors (Lipinski definition) is 6. The van der Waals surface area contributed by atoms with Crippen molar-refractivity contribution in [2.75, 3.05) is 17.6 Å². The van der Waals surface area contributed by atoms with Crippen LogP contribution in [0.4, 0.5) is 11.5 Å². The molecule has 0 spiro atoms. The van der Waals surface area contributed by atoms with Gasteiger partial charge < -0.3 is 11.1 Å². The molecule has 0 unspecified atom stereocenters. The third-order valence-electron chi connectivity index (χ3n) is 2.89. The average Bonchev–Trinajstić information content (AvgIpc) is 2.91. The first-order valence-corrected chi connectivity index (χ1v) is 6.34. The van der Waals surface area contributed by atoms with Gasteiger partial charge in [-0.05, 0) is 13.3 Å². The second-order valence-electron chi connectivity index (χ2n) is 4.21. The van der Waals surface area contributed by atoms with E-state index in [-0.39, 0.29) is 11.5 Å². The number of aromatic nitrogens is 5. The lowest BCUT2D eigenvalue weighted by Gasteiger charge is -2.12. The van der Waals surface area contributed by atoms with E-state index in [1.54, 1.807) is 24.0 Å². The minimum Gasteiger partial charge on any atom is -0.383 e. The van der Waals surface area contributed by atoms with Gasteiger partial charge in [-0.3, -0.25) is 19.0 Å². The van der Waals surface area contributed by atoms with Gasteiger partial charge in [0.1, 0.15) is 11.5 Å². The molecule has 2 rings (SSSR count). The van der Waals surface area contributed by atoms with E-state index in [4.69, 9.17) is 5.73 Å². The van der Waals surface area contributed by atoms with Crippen molar-refractivity contribution in [1.82, 2.24) is 24.5 Å². The number of nitrogens with zero attached hydrogens (tertiary/aromatic N) is 4. The van der Waals surface area contributed by atoms with Gasteiger partial charge in [0.05, 0.1) is 6.20 Å². The quantitative estimate of drug-likeness (QED) is 0.597. The summed E-state index contributed by atoms with van der Waals surface area (Å²) in [5.74, 6) is 0.155. The number of anilines is 2. The molecule has 0 fully saturated rings. The predicted octanol–water partition coefficient (Wildman–Crippen LogP) is -0.768. The van der Waals surface area contributed by atoms with Crippen molar-refractivity contribution in [3.05, 3.63) is 33.2 Å². The Morgan fingerprint density at radius 1 is 1.45 bits per heavy atom. The van der Waals surface area contributed by atoms with Crippen LogP contribution < -0.4 is 22.3 Å². The molecule has 0 aliphatic rings. The molecular formula is C11H17N7O2. The lowest BCUT2D eigenvalue weighted by molar-refractivity contribution is 0.569. The van der Waals surface area contributed by atoms with Gasteiger partial charge in [-0.1, -0.05) is 5.21 Å². The van der Waals surface area contributed by atoms with E-state index in [0.717, 1.165) is 6.42 Å². The number of rotatable bonds is 6. The standard InChI is InChI=1S/C11H17N7O2/c1-2-18-9(12)8(10(19)15-11(18)20)13-4-3-6-17-7-5-14-16-17/h5,7,13H,2-4,6,12H2,1H3,(H,15,19,20). The number of H-pyrrole nitrogens is 1. The molecule has 0 atom stereocenters. The van der Waals surface area contributed by atoms with Gasteiger partial charge in [-0.15, -0.1) is 5.10 Å². The minimum atomic E-state index is -0.502.